The molecule has 0 bridgehead atoms. The van der Waals surface area contributed by atoms with E-state index >= 15 is 0 Å². The molecule has 0 amide bonds. The van der Waals surface area contributed by atoms with E-state index in [1.807, 2.05) is 4.79 Å². The van der Waals surface area contributed by atoms with E-state index in [0.29, 0.717) is 0 Å². The van der Waals surface area contributed by atoms with Crippen LogP contribution in [-0.2, 0) is 9.59 Å². The average Bonchev–Trinajstić information content (AvgIpc) is 2.29. The Labute approximate surface area is 98.4 Å². The number of rotatable bonds is 3. The Morgan fingerprint density at radius 1 is 1.17 bits per heavy atom. The predicted molar refractivity (Wildman–Crippen MR) is 51.8 cm³/mol. The topological polar surface area (TPSA) is 79.8 Å². The van der Waals surface area contributed by atoms with Crippen molar-refractivity contribution in [3.8, 4) is 5.75 Å². The standard InChI is InChI=1S/C10H5F3N2O3/c11-10(12,13)8(16)7(15-14)9(17)18-6-4-2-1-3-5-6/h1-5H. The van der Waals surface area contributed by atoms with Gasteiger partial charge in [0.05, 0.1) is 0 Å². The van der Waals surface area contributed by atoms with E-state index in [1.54, 1.807) is 6.07 Å². The van der Waals surface area contributed by atoms with Crippen LogP contribution in [-0.4, -0.2) is 28.4 Å². The highest BCUT2D eigenvalue weighted by Gasteiger charge is 2.50. The van der Waals surface area contributed by atoms with Crippen molar-refractivity contribution < 1.29 is 32.3 Å². The van der Waals surface area contributed by atoms with Crippen LogP contribution in [0.1, 0.15) is 0 Å². The second-order valence-electron chi connectivity index (χ2n) is 2.98. The molecule has 0 saturated carbocycles. The number of halogens is 3. The SMILES string of the molecule is [N-]=[N+]=C(C(=O)Oc1ccccc1)C(=O)C(F)(F)F. The molecule has 0 atom stereocenters. The Morgan fingerprint density at radius 3 is 2.17 bits per heavy atom. The molecule has 94 valence electrons. The lowest BCUT2D eigenvalue weighted by Gasteiger charge is -2.02. The van der Waals surface area contributed by atoms with Gasteiger partial charge in [0.25, 0.3) is 0 Å². The summed E-state index contributed by atoms with van der Waals surface area (Å²) in [5.74, 6) is -4.35. The smallest absolute Gasteiger partial charge is 0.418 e. The molecule has 0 aliphatic heterocycles. The molecule has 0 fully saturated rings. The third-order valence-electron chi connectivity index (χ3n) is 1.72. The first kappa shape index (κ1) is 13.6. The van der Waals surface area contributed by atoms with Gasteiger partial charge in [-0.3, -0.25) is 4.79 Å². The summed E-state index contributed by atoms with van der Waals surface area (Å²) in [5, 5.41) is 0. The van der Waals surface area contributed by atoms with Gasteiger partial charge < -0.3 is 10.3 Å². The Hall–Kier alpha value is -2.47. The first-order valence-electron chi connectivity index (χ1n) is 4.47. The summed E-state index contributed by atoms with van der Waals surface area (Å²) < 4.78 is 40.5. The molecule has 1 rings (SSSR count). The zero-order valence-electron chi connectivity index (χ0n) is 8.64. The number of hydrogen-bond donors (Lipinski definition) is 0. The molecule has 8 heteroatoms. The van der Waals surface area contributed by atoms with E-state index in [4.69, 9.17) is 5.53 Å². The molecule has 0 spiro atoms. The summed E-state index contributed by atoms with van der Waals surface area (Å²) in [7, 11) is 0. The Bertz CT molecular complexity index is 519. The maximum atomic E-state index is 12.0. The van der Waals surface area contributed by atoms with Crippen LogP contribution < -0.4 is 4.74 Å². The Morgan fingerprint density at radius 2 is 1.72 bits per heavy atom. The predicted octanol–water partition coefficient (Wildman–Crippen LogP) is 1.39. The average molecular weight is 258 g/mol. The van der Waals surface area contributed by atoms with Crippen LogP contribution in [0.4, 0.5) is 13.2 Å². The van der Waals surface area contributed by atoms with Gasteiger partial charge in [0.2, 0.25) is 0 Å². The van der Waals surface area contributed by atoms with Gasteiger partial charge >= 0.3 is 23.6 Å². The largest absolute Gasteiger partial charge is 0.462 e. The molecule has 0 aliphatic carbocycles. The maximum absolute atomic E-state index is 12.0. The quantitative estimate of drug-likeness (QED) is 0.205. The third-order valence-corrected chi connectivity index (χ3v) is 1.72. The summed E-state index contributed by atoms with van der Waals surface area (Å²) in [6.45, 7) is 0. The summed E-state index contributed by atoms with van der Waals surface area (Å²) in [6.07, 6.45) is -5.32. The van der Waals surface area contributed by atoms with E-state index < -0.39 is 23.6 Å². The minimum atomic E-state index is -5.32. The number of hydrogen-bond acceptors (Lipinski definition) is 3. The van der Waals surface area contributed by atoms with Crippen molar-refractivity contribution in [3.63, 3.8) is 0 Å². The van der Waals surface area contributed by atoms with Crippen molar-refractivity contribution in [2.45, 2.75) is 6.18 Å². The van der Waals surface area contributed by atoms with Gasteiger partial charge in [-0.05, 0) is 12.1 Å². The molecule has 18 heavy (non-hydrogen) atoms. The lowest BCUT2D eigenvalue weighted by molar-refractivity contribution is -0.168. The highest BCUT2D eigenvalue weighted by Crippen LogP contribution is 2.17. The zero-order chi connectivity index (χ0) is 13.8. The van der Waals surface area contributed by atoms with Crippen LogP contribution in [0.5, 0.6) is 5.75 Å². The number of alkyl halides is 3. The van der Waals surface area contributed by atoms with Gasteiger partial charge in [-0.1, -0.05) is 18.2 Å². The maximum Gasteiger partial charge on any atom is 0.462 e. The fourth-order valence-electron chi connectivity index (χ4n) is 0.957. The fourth-order valence-corrected chi connectivity index (χ4v) is 0.957. The second-order valence-corrected chi connectivity index (χ2v) is 2.98. The number of carbonyl (C=O) groups is 2. The minimum absolute atomic E-state index is 0.0846. The van der Waals surface area contributed by atoms with E-state index in [2.05, 4.69) is 4.74 Å². The summed E-state index contributed by atoms with van der Waals surface area (Å²) in [5.41, 5.74) is 6.54. The number of carbonyl (C=O) groups excluding carboxylic acids is 2. The number of benzene rings is 1. The van der Waals surface area contributed by atoms with Crippen LogP contribution in [0.3, 0.4) is 0 Å². The molecule has 0 aromatic heterocycles. The van der Waals surface area contributed by atoms with Crippen molar-refractivity contribution in [2.24, 2.45) is 0 Å². The zero-order valence-corrected chi connectivity index (χ0v) is 8.64. The molecule has 0 aliphatic rings. The molecule has 0 N–H and O–H groups in total. The third kappa shape index (κ3) is 3.26. The lowest BCUT2D eigenvalue weighted by atomic mass is 10.2. The molecule has 0 saturated heterocycles. The number of ketones is 1. The van der Waals surface area contributed by atoms with E-state index in [9.17, 15) is 22.8 Å². The first-order valence-corrected chi connectivity index (χ1v) is 4.47. The van der Waals surface area contributed by atoms with Crippen molar-refractivity contribution in [3.05, 3.63) is 35.9 Å². The molecule has 0 radical (unpaired) electrons. The summed E-state index contributed by atoms with van der Waals surface area (Å²) in [4.78, 5) is 23.9. The van der Waals surface area contributed by atoms with Gasteiger partial charge in [-0.15, -0.1) is 0 Å². The number of nitrogens with zero attached hydrogens (tertiary/aromatic N) is 2. The van der Waals surface area contributed by atoms with Crippen LogP contribution >= 0.6 is 0 Å². The highest BCUT2D eigenvalue weighted by molar-refractivity contribution is 6.63. The lowest BCUT2D eigenvalue weighted by Crippen LogP contribution is -2.38. The van der Waals surface area contributed by atoms with Crippen LogP contribution in [0.15, 0.2) is 30.3 Å². The molecule has 0 unspecified atom stereocenters. The van der Waals surface area contributed by atoms with E-state index in [0.717, 1.165) is 0 Å². The molecule has 1 aromatic carbocycles. The van der Waals surface area contributed by atoms with Crippen LogP contribution in [0.25, 0.3) is 5.53 Å². The van der Waals surface area contributed by atoms with E-state index in [1.165, 1.54) is 24.3 Å². The molecule has 0 heterocycles. The monoisotopic (exact) mass is 258 g/mol. The Balaban J connectivity index is 2.90. The normalized spacial score (nSPS) is 10.4. The summed E-state index contributed by atoms with van der Waals surface area (Å²) >= 11 is 0. The second kappa shape index (κ2) is 5.24. The van der Waals surface area contributed by atoms with Gasteiger partial charge in [0, 0.05) is 0 Å². The highest BCUT2D eigenvalue weighted by atomic mass is 19.4. The Kier molecular flexibility index (Phi) is 3.96. The fraction of sp³-hybridized carbons (Fsp3) is 0.100. The van der Waals surface area contributed by atoms with E-state index in [-0.39, 0.29) is 5.75 Å². The first-order chi connectivity index (χ1) is 8.36. The summed E-state index contributed by atoms with van der Waals surface area (Å²) in [6, 6.07) is 7.07. The van der Waals surface area contributed by atoms with Crippen molar-refractivity contribution in [2.75, 3.05) is 0 Å². The van der Waals surface area contributed by atoms with Crippen molar-refractivity contribution in [1.29, 1.82) is 0 Å². The van der Waals surface area contributed by atoms with Crippen molar-refractivity contribution in [1.82, 2.24) is 0 Å². The van der Waals surface area contributed by atoms with Gasteiger partial charge in [0.1, 0.15) is 5.75 Å². The van der Waals surface area contributed by atoms with Crippen LogP contribution in [0, 0.1) is 0 Å². The van der Waals surface area contributed by atoms with Crippen molar-refractivity contribution >= 4 is 17.5 Å². The number of ether oxygens (including phenoxy) is 1. The number of Topliss-reactive ketones (excluding diaryl/α,β-unsaturated/α-hetero) is 1. The van der Waals surface area contributed by atoms with Gasteiger partial charge in [-0.2, -0.15) is 18.0 Å². The molecular formula is C10H5F3N2O3. The minimum Gasteiger partial charge on any atom is -0.418 e. The van der Waals surface area contributed by atoms with Gasteiger partial charge in [0.15, 0.2) is 0 Å². The molecule has 1 aromatic rings. The number of para-hydroxylation sites is 1. The number of esters is 1. The molecule has 5 nitrogen and oxygen atoms in total. The van der Waals surface area contributed by atoms with Crippen LogP contribution in [0.2, 0.25) is 0 Å². The molecular weight excluding hydrogens is 253 g/mol. The van der Waals surface area contributed by atoms with Gasteiger partial charge in [-0.25, -0.2) is 4.79 Å².